The summed E-state index contributed by atoms with van der Waals surface area (Å²) >= 11 is 6.02. The fourth-order valence-corrected chi connectivity index (χ4v) is 4.28. The van der Waals surface area contributed by atoms with E-state index in [0.717, 1.165) is 56.2 Å². The molecule has 4 rings (SSSR count). The number of fused-ring (bicyclic) bond motifs is 1. The molecule has 0 atom stereocenters. The highest BCUT2D eigenvalue weighted by Crippen LogP contribution is 2.28. The molecule has 2 aliphatic rings. The smallest absolute Gasteiger partial charge is 0.223 e. The first-order valence-electron chi connectivity index (χ1n) is 9.73. The van der Waals surface area contributed by atoms with Crippen LogP contribution in [0.3, 0.4) is 0 Å². The van der Waals surface area contributed by atoms with Gasteiger partial charge in [0.25, 0.3) is 0 Å². The third kappa shape index (κ3) is 4.17. The predicted molar refractivity (Wildman–Crippen MR) is 105 cm³/mol. The maximum absolute atomic E-state index is 12.6. The van der Waals surface area contributed by atoms with Crippen molar-refractivity contribution in [3.05, 3.63) is 46.5 Å². The van der Waals surface area contributed by atoms with Gasteiger partial charge < -0.3 is 14.4 Å². The van der Waals surface area contributed by atoms with Gasteiger partial charge in [-0.2, -0.15) is 0 Å². The van der Waals surface area contributed by atoms with Gasteiger partial charge in [0.1, 0.15) is 5.82 Å². The molecular formula is C20H26ClN5O. The van der Waals surface area contributed by atoms with Gasteiger partial charge in [0.05, 0.1) is 6.54 Å². The number of aromatic nitrogens is 3. The number of rotatable bonds is 4. The number of carbonyl (C=O) groups is 1. The molecule has 1 fully saturated rings. The molecule has 2 aliphatic heterocycles. The molecule has 0 bridgehead atoms. The number of likely N-dealkylation sites (tertiary alicyclic amines) is 1. The van der Waals surface area contributed by atoms with Crippen molar-refractivity contribution in [3.63, 3.8) is 0 Å². The van der Waals surface area contributed by atoms with Crippen LogP contribution in [0.4, 0.5) is 0 Å². The van der Waals surface area contributed by atoms with Gasteiger partial charge in [0.15, 0.2) is 5.82 Å². The van der Waals surface area contributed by atoms with E-state index in [2.05, 4.69) is 26.7 Å². The summed E-state index contributed by atoms with van der Waals surface area (Å²) in [7, 11) is 2.17. The second kappa shape index (κ2) is 7.98. The maximum Gasteiger partial charge on any atom is 0.223 e. The zero-order valence-electron chi connectivity index (χ0n) is 15.8. The number of aryl methyl sites for hydroxylation is 1. The Hall–Kier alpha value is -1.92. The molecule has 144 valence electrons. The molecule has 0 N–H and O–H groups in total. The summed E-state index contributed by atoms with van der Waals surface area (Å²) in [5, 5.41) is 9.60. The largest absolute Gasteiger partial charge is 0.333 e. The maximum atomic E-state index is 12.6. The van der Waals surface area contributed by atoms with Crippen LogP contribution < -0.4 is 0 Å². The van der Waals surface area contributed by atoms with E-state index in [9.17, 15) is 4.79 Å². The molecule has 1 saturated heterocycles. The van der Waals surface area contributed by atoms with Crippen LogP contribution in [-0.2, 0) is 24.3 Å². The molecule has 1 amide bonds. The quantitative estimate of drug-likeness (QED) is 0.809. The molecule has 0 aliphatic carbocycles. The summed E-state index contributed by atoms with van der Waals surface area (Å²) in [6.45, 7) is 4.32. The Balaban J connectivity index is 1.36. The lowest BCUT2D eigenvalue weighted by molar-refractivity contribution is -0.132. The van der Waals surface area contributed by atoms with E-state index in [1.807, 2.05) is 29.2 Å². The van der Waals surface area contributed by atoms with Crippen LogP contribution in [0.15, 0.2) is 24.3 Å². The van der Waals surface area contributed by atoms with E-state index in [4.69, 9.17) is 11.6 Å². The Kier molecular flexibility index (Phi) is 5.45. The summed E-state index contributed by atoms with van der Waals surface area (Å²) in [5.41, 5.74) is 1.10. The molecule has 0 spiro atoms. The SMILES string of the molecule is CN1CCC(c2nnc3n2CCN(C(=O)CCc2cccc(Cl)c2)C3)CC1. The van der Waals surface area contributed by atoms with Gasteiger partial charge in [0.2, 0.25) is 5.91 Å². The third-order valence-electron chi connectivity index (χ3n) is 5.73. The number of halogens is 1. The average molecular weight is 388 g/mol. The summed E-state index contributed by atoms with van der Waals surface area (Å²) in [6, 6.07) is 7.72. The van der Waals surface area contributed by atoms with Crippen molar-refractivity contribution in [1.82, 2.24) is 24.6 Å². The minimum absolute atomic E-state index is 0.171. The van der Waals surface area contributed by atoms with Crippen LogP contribution in [-0.4, -0.2) is 57.2 Å². The minimum atomic E-state index is 0.171. The molecule has 0 radical (unpaired) electrons. The second-order valence-electron chi connectivity index (χ2n) is 7.65. The fourth-order valence-electron chi connectivity index (χ4n) is 4.06. The molecule has 6 nitrogen and oxygen atoms in total. The van der Waals surface area contributed by atoms with Crippen molar-refractivity contribution in [2.24, 2.45) is 0 Å². The molecule has 1 aromatic carbocycles. The first kappa shape index (κ1) is 18.4. The van der Waals surface area contributed by atoms with E-state index in [0.29, 0.717) is 30.3 Å². The minimum Gasteiger partial charge on any atom is -0.333 e. The van der Waals surface area contributed by atoms with Crippen molar-refractivity contribution in [1.29, 1.82) is 0 Å². The zero-order valence-corrected chi connectivity index (χ0v) is 16.5. The number of piperidine rings is 1. The lowest BCUT2D eigenvalue weighted by Crippen LogP contribution is -2.39. The van der Waals surface area contributed by atoms with Gasteiger partial charge in [-0.1, -0.05) is 23.7 Å². The first-order valence-corrected chi connectivity index (χ1v) is 10.1. The van der Waals surface area contributed by atoms with Crippen LogP contribution in [0.1, 0.15) is 42.4 Å². The number of amides is 1. The molecule has 0 saturated carbocycles. The van der Waals surface area contributed by atoms with E-state index in [-0.39, 0.29) is 5.91 Å². The Morgan fingerprint density at radius 3 is 2.78 bits per heavy atom. The highest BCUT2D eigenvalue weighted by molar-refractivity contribution is 6.30. The lowest BCUT2D eigenvalue weighted by atomic mass is 9.96. The predicted octanol–water partition coefficient (Wildman–Crippen LogP) is 2.72. The topological polar surface area (TPSA) is 54.3 Å². The molecule has 2 aromatic rings. The van der Waals surface area contributed by atoms with Gasteiger partial charge in [-0.25, -0.2) is 0 Å². The third-order valence-corrected chi connectivity index (χ3v) is 5.97. The normalized spacial score (nSPS) is 18.5. The number of hydrogen-bond donors (Lipinski definition) is 0. The van der Waals surface area contributed by atoms with Crippen molar-refractivity contribution < 1.29 is 4.79 Å². The average Bonchev–Trinajstić information content (AvgIpc) is 3.10. The Labute approximate surface area is 165 Å². The van der Waals surface area contributed by atoms with E-state index >= 15 is 0 Å². The molecule has 1 aromatic heterocycles. The molecule has 27 heavy (non-hydrogen) atoms. The molecule has 7 heteroatoms. The van der Waals surface area contributed by atoms with Gasteiger partial charge in [0, 0.05) is 30.5 Å². The van der Waals surface area contributed by atoms with Crippen molar-refractivity contribution in [2.75, 3.05) is 26.7 Å². The molecular weight excluding hydrogens is 362 g/mol. The zero-order chi connectivity index (χ0) is 18.8. The summed E-state index contributed by atoms with van der Waals surface area (Å²) in [5.74, 6) is 2.70. The summed E-state index contributed by atoms with van der Waals surface area (Å²) in [4.78, 5) is 16.9. The molecule has 0 unspecified atom stereocenters. The Morgan fingerprint density at radius 1 is 1.19 bits per heavy atom. The van der Waals surface area contributed by atoms with Crippen molar-refractivity contribution in [2.45, 2.75) is 44.7 Å². The van der Waals surface area contributed by atoms with Gasteiger partial charge in [-0.3, -0.25) is 4.79 Å². The fraction of sp³-hybridized carbons (Fsp3) is 0.550. The standard InChI is InChI=1S/C20H26ClN5O/c1-24-9-7-16(8-10-24)20-23-22-18-14-25(11-12-26(18)20)19(27)6-5-15-3-2-4-17(21)13-15/h2-4,13,16H,5-12,14H2,1H3. The van der Waals surface area contributed by atoms with Gasteiger partial charge in [-0.05, 0) is 57.1 Å². The monoisotopic (exact) mass is 387 g/mol. The van der Waals surface area contributed by atoms with E-state index in [1.165, 1.54) is 0 Å². The van der Waals surface area contributed by atoms with Crippen molar-refractivity contribution in [3.8, 4) is 0 Å². The number of hydrogen-bond acceptors (Lipinski definition) is 4. The van der Waals surface area contributed by atoms with Crippen LogP contribution in [0, 0.1) is 0 Å². The van der Waals surface area contributed by atoms with E-state index < -0.39 is 0 Å². The van der Waals surface area contributed by atoms with Crippen LogP contribution >= 0.6 is 11.6 Å². The van der Waals surface area contributed by atoms with Crippen molar-refractivity contribution >= 4 is 17.5 Å². The summed E-state index contributed by atoms with van der Waals surface area (Å²) in [6.07, 6.45) is 3.48. The van der Waals surface area contributed by atoms with Crippen LogP contribution in [0.2, 0.25) is 5.02 Å². The number of nitrogens with zero attached hydrogens (tertiary/aromatic N) is 5. The number of carbonyl (C=O) groups excluding carboxylic acids is 1. The lowest BCUT2D eigenvalue weighted by Gasteiger charge is -2.31. The Morgan fingerprint density at radius 2 is 2.00 bits per heavy atom. The first-order chi connectivity index (χ1) is 13.1. The van der Waals surface area contributed by atoms with Gasteiger partial charge in [-0.15, -0.1) is 10.2 Å². The highest BCUT2D eigenvalue weighted by atomic mass is 35.5. The number of benzene rings is 1. The van der Waals surface area contributed by atoms with Crippen LogP contribution in [0.5, 0.6) is 0 Å². The highest BCUT2D eigenvalue weighted by Gasteiger charge is 2.29. The molecule has 3 heterocycles. The summed E-state index contributed by atoms with van der Waals surface area (Å²) < 4.78 is 2.25. The van der Waals surface area contributed by atoms with Crippen LogP contribution in [0.25, 0.3) is 0 Å². The van der Waals surface area contributed by atoms with Gasteiger partial charge >= 0.3 is 0 Å². The second-order valence-corrected chi connectivity index (χ2v) is 8.09. The Bertz CT molecular complexity index is 812. The van der Waals surface area contributed by atoms with E-state index in [1.54, 1.807) is 0 Å².